The van der Waals surface area contributed by atoms with Gasteiger partial charge in [0.05, 0.1) is 22.1 Å². The predicted octanol–water partition coefficient (Wildman–Crippen LogP) is 6.60. The van der Waals surface area contributed by atoms with E-state index < -0.39 is 46.4 Å². The second kappa shape index (κ2) is 17.6. The highest BCUT2D eigenvalue weighted by molar-refractivity contribution is 6.31. The quantitative estimate of drug-likeness (QED) is 0.113. The Morgan fingerprint density at radius 2 is 1.60 bits per heavy atom. The van der Waals surface area contributed by atoms with Crippen molar-refractivity contribution in [1.29, 1.82) is 0 Å². The third kappa shape index (κ3) is 7.59. The van der Waals surface area contributed by atoms with E-state index in [0.29, 0.717) is 104 Å². The zero-order valence-electron chi connectivity index (χ0n) is 37.3. The molecule has 4 aromatic rings. The Labute approximate surface area is 396 Å². The van der Waals surface area contributed by atoms with Gasteiger partial charge in [-0.2, -0.15) is 0 Å². The number of imide groups is 1. The number of piperidine rings is 2. The first-order valence-electron chi connectivity index (χ1n) is 23.7. The molecule has 2 spiro atoms. The van der Waals surface area contributed by atoms with E-state index in [1.54, 1.807) is 49.5 Å². The third-order valence-electron chi connectivity index (χ3n) is 16.1. The minimum atomic E-state index is -1.32. The summed E-state index contributed by atoms with van der Waals surface area (Å²) in [5.41, 5.74) is 0.406. The molecule has 6 aliphatic rings. The third-order valence-corrected chi connectivity index (χ3v) is 16.6. The summed E-state index contributed by atoms with van der Waals surface area (Å²) in [6.07, 6.45) is 8.26. The molecule has 10 rings (SSSR count). The lowest BCUT2D eigenvalue weighted by Crippen LogP contribution is -2.60. The molecule has 5 fully saturated rings. The van der Waals surface area contributed by atoms with Crippen LogP contribution in [0.25, 0.3) is 11.0 Å². The van der Waals surface area contributed by atoms with Crippen molar-refractivity contribution in [3.05, 3.63) is 97.6 Å². The van der Waals surface area contributed by atoms with Gasteiger partial charge in [0.15, 0.2) is 5.78 Å². The number of Topliss-reactive ketones (excluding diaryl/α,β-unsaturated/α-hetero) is 1. The summed E-state index contributed by atoms with van der Waals surface area (Å²) in [4.78, 5) is 96.4. The number of imidazole rings is 1. The largest absolute Gasteiger partial charge is 0.352 e. The zero-order valence-corrected chi connectivity index (χ0v) is 38.8. The standard InChI is InChI=1S/C50H54Cl2FN7O7/c1-58-38-25-29(10-15-36(38)60(48(58)67)37-16-17-40(62)56-44(37)63)39(61)24-27-18-22-59(23-19-27)46(65)28-8-12-31(13-9-28)54-45(64)43-41(32-6-5-7-34(52)42(32)53)50(49(57-43)20-3-2-4-21-49)33-14-11-30(51)26-35(33)55-47(50)66/h5-7,10-11,14-15,25-28,31,37,41,43,57H,2-4,8-9,12-13,16-24H2,1H3,(H,54,64)(H,55,66)(H,56,62,63)/t28-,31-,37?,41-,43+,50+/m0/s1. The molecule has 4 atom stereocenters. The number of aromatic nitrogens is 2. The molecule has 67 heavy (non-hydrogen) atoms. The number of carbonyl (C=O) groups excluding carboxylic acids is 6. The molecule has 1 aromatic heterocycles. The van der Waals surface area contributed by atoms with Crippen molar-refractivity contribution in [3.63, 3.8) is 0 Å². The van der Waals surface area contributed by atoms with Crippen LogP contribution < -0.4 is 27.0 Å². The zero-order chi connectivity index (χ0) is 46.9. The number of amides is 5. The Kier molecular flexibility index (Phi) is 11.9. The molecule has 5 amide bonds. The van der Waals surface area contributed by atoms with Gasteiger partial charge in [-0.1, -0.05) is 60.7 Å². The summed E-state index contributed by atoms with van der Waals surface area (Å²) < 4.78 is 19.2. The van der Waals surface area contributed by atoms with Crippen LogP contribution in [-0.2, 0) is 36.4 Å². The Bertz CT molecular complexity index is 2790. The Morgan fingerprint density at radius 3 is 2.33 bits per heavy atom. The van der Waals surface area contributed by atoms with Crippen LogP contribution >= 0.6 is 23.2 Å². The number of halogens is 3. The van der Waals surface area contributed by atoms with Crippen LogP contribution in [0, 0.1) is 17.7 Å². The number of likely N-dealkylation sites (tertiary alicyclic amines) is 1. The van der Waals surface area contributed by atoms with Gasteiger partial charge in [-0.25, -0.2) is 9.18 Å². The molecule has 2 aliphatic carbocycles. The maximum atomic E-state index is 16.3. The number of aryl methyl sites for hydroxylation is 1. The van der Waals surface area contributed by atoms with E-state index in [4.69, 9.17) is 23.2 Å². The van der Waals surface area contributed by atoms with Crippen LogP contribution in [0.4, 0.5) is 10.1 Å². The second-order valence-corrected chi connectivity index (χ2v) is 20.5. The maximum absolute atomic E-state index is 16.3. The Morgan fingerprint density at radius 1 is 0.851 bits per heavy atom. The molecule has 4 N–H and O–H groups in total. The fourth-order valence-electron chi connectivity index (χ4n) is 12.8. The number of fused-ring (bicyclic) bond motifs is 4. The van der Waals surface area contributed by atoms with Crippen LogP contribution in [0.15, 0.2) is 59.4 Å². The molecule has 0 bridgehead atoms. The summed E-state index contributed by atoms with van der Waals surface area (Å²) in [5.74, 6) is -3.17. The molecule has 14 nitrogen and oxygen atoms in total. The minimum Gasteiger partial charge on any atom is -0.352 e. The lowest BCUT2D eigenvalue weighted by molar-refractivity contribution is -0.138. The highest BCUT2D eigenvalue weighted by Crippen LogP contribution is 2.63. The minimum absolute atomic E-state index is 0.0598. The number of hydrogen-bond donors (Lipinski definition) is 4. The summed E-state index contributed by atoms with van der Waals surface area (Å²) in [7, 11) is 1.60. The number of benzene rings is 3. The summed E-state index contributed by atoms with van der Waals surface area (Å²) >= 11 is 12.8. The summed E-state index contributed by atoms with van der Waals surface area (Å²) in [5, 5.41) is 12.7. The van der Waals surface area contributed by atoms with Crippen molar-refractivity contribution in [2.24, 2.45) is 18.9 Å². The van der Waals surface area contributed by atoms with Crippen LogP contribution in [0.2, 0.25) is 10.0 Å². The van der Waals surface area contributed by atoms with E-state index in [2.05, 4.69) is 21.3 Å². The summed E-state index contributed by atoms with van der Waals surface area (Å²) in [6.45, 7) is 1.08. The normalized spacial score (nSPS) is 27.3. The molecule has 2 saturated carbocycles. The van der Waals surface area contributed by atoms with Gasteiger partial charge in [0, 0.05) is 72.7 Å². The van der Waals surface area contributed by atoms with E-state index in [9.17, 15) is 33.6 Å². The molecule has 4 aliphatic heterocycles. The van der Waals surface area contributed by atoms with Crippen LogP contribution in [0.5, 0.6) is 0 Å². The van der Waals surface area contributed by atoms with Crippen molar-refractivity contribution >= 4 is 75.2 Å². The highest BCUT2D eigenvalue weighted by Gasteiger charge is 2.72. The summed E-state index contributed by atoms with van der Waals surface area (Å²) in [6, 6.07) is 13.1. The lowest BCUT2D eigenvalue weighted by Gasteiger charge is -2.47. The van der Waals surface area contributed by atoms with E-state index in [0.717, 1.165) is 19.3 Å². The molecule has 5 heterocycles. The molecular weight excluding hydrogens is 900 g/mol. The molecule has 0 radical (unpaired) electrons. The van der Waals surface area contributed by atoms with Gasteiger partial charge in [0.1, 0.15) is 17.3 Å². The van der Waals surface area contributed by atoms with Crippen molar-refractivity contribution in [2.75, 3.05) is 18.4 Å². The van der Waals surface area contributed by atoms with Crippen molar-refractivity contribution < 1.29 is 33.2 Å². The van der Waals surface area contributed by atoms with Gasteiger partial charge in [0.25, 0.3) is 0 Å². The molecule has 3 aromatic carbocycles. The monoisotopic (exact) mass is 953 g/mol. The molecule has 3 saturated heterocycles. The number of ketones is 1. The number of nitrogens with zero attached hydrogens (tertiary/aromatic N) is 3. The topological polar surface area (TPSA) is 181 Å². The molecular formula is C50H54Cl2FN7O7. The van der Waals surface area contributed by atoms with E-state index in [-0.39, 0.29) is 70.7 Å². The second-order valence-electron chi connectivity index (χ2n) is 19.7. The van der Waals surface area contributed by atoms with Crippen molar-refractivity contribution in [1.82, 2.24) is 30.0 Å². The van der Waals surface area contributed by atoms with Crippen molar-refractivity contribution in [2.45, 2.75) is 125 Å². The van der Waals surface area contributed by atoms with Gasteiger partial charge in [-0.3, -0.25) is 48.5 Å². The molecule has 1 unspecified atom stereocenters. The van der Waals surface area contributed by atoms with Gasteiger partial charge in [-0.05, 0) is 111 Å². The van der Waals surface area contributed by atoms with Gasteiger partial charge in [0.2, 0.25) is 29.5 Å². The van der Waals surface area contributed by atoms with Gasteiger partial charge in [-0.15, -0.1) is 0 Å². The number of hydrogen-bond acceptors (Lipinski definition) is 8. The fourth-order valence-corrected chi connectivity index (χ4v) is 13.1. The number of anilines is 1. The number of carbonyl (C=O) groups is 6. The first-order chi connectivity index (χ1) is 32.2. The SMILES string of the molecule is Cn1c(=O)n(C2CCC(=O)NC2=O)c2ccc(C(=O)CC3CCN(C(=O)[C@H]4CC[C@H](NC(=O)[C@@H]5NC6(CCCCC6)[C@@]6(C(=O)Nc7cc(Cl)ccc76)[C@H]5c5cccc(Cl)c5F)CC4)CC3)cc21. The van der Waals surface area contributed by atoms with Crippen LogP contribution in [-0.4, -0.2) is 80.1 Å². The van der Waals surface area contributed by atoms with E-state index in [1.165, 1.54) is 15.2 Å². The van der Waals surface area contributed by atoms with Crippen LogP contribution in [0.1, 0.15) is 123 Å². The van der Waals surface area contributed by atoms with E-state index >= 15 is 4.39 Å². The molecule has 17 heteroatoms. The lowest BCUT2D eigenvalue weighted by atomic mass is 9.55. The smallest absolute Gasteiger partial charge is 0.329 e. The first kappa shape index (κ1) is 45.4. The maximum Gasteiger partial charge on any atom is 0.329 e. The van der Waals surface area contributed by atoms with Gasteiger partial charge < -0.3 is 15.5 Å². The van der Waals surface area contributed by atoms with Crippen molar-refractivity contribution in [3.8, 4) is 0 Å². The predicted molar refractivity (Wildman–Crippen MR) is 249 cm³/mol. The number of nitrogens with one attached hydrogen (secondary N) is 4. The Hall–Kier alpha value is -5.38. The van der Waals surface area contributed by atoms with Crippen LogP contribution in [0.3, 0.4) is 0 Å². The Balaban J connectivity index is 0.778. The average molecular weight is 955 g/mol. The van der Waals surface area contributed by atoms with Gasteiger partial charge >= 0.3 is 5.69 Å². The highest BCUT2D eigenvalue weighted by atomic mass is 35.5. The van der Waals surface area contributed by atoms with E-state index in [1.807, 2.05) is 11.0 Å². The molecule has 352 valence electrons. The fraction of sp³-hybridized carbons (Fsp3) is 0.500. The average Bonchev–Trinajstić information content (AvgIpc) is 3.87. The first-order valence-corrected chi connectivity index (χ1v) is 24.5. The number of rotatable bonds is 8.